The van der Waals surface area contributed by atoms with E-state index in [-0.39, 0.29) is 18.8 Å². The monoisotopic (exact) mass is 427 g/mol. The molecular weight excluding hydrogens is 398 g/mol. The number of primary amides is 1. The van der Waals surface area contributed by atoms with E-state index >= 15 is 0 Å². The van der Waals surface area contributed by atoms with E-state index in [2.05, 4.69) is 10.6 Å². The maximum atomic E-state index is 12.9. The van der Waals surface area contributed by atoms with Crippen LogP contribution in [0.1, 0.15) is 37.3 Å². The van der Waals surface area contributed by atoms with Crippen LogP contribution in [0.5, 0.6) is 5.75 Å². The number of aromatic hydroxyl groups is 1. The summed E-state index contributed by atoms with van der Waals surface area (Å²) in [5, 5.41) is 14.7. The predicted octanol–water partition coefficient (Wildman–Crippen LogP) is 2.39. The molecule has 2 rings (SSSR count). The fourth-order valence-electron chi connectivity index (χ4n) is 2.95. The summed E-state index contributed by atoms with van der Waals surface area (Å²) in [5.41, 5.74) is 6.94. The number of alkyl carbamates (subject to hydrolysis) is 1. The Balaban J connectivity index is 2.06. The number of nitrogens with two attached hydrogens (primary N) is 1. The van der Waals surface area contributed by atoms with Crippen molar-refractivity contribution in [2.45, 2.75) is 51.3 Å². The van der Waals surface area contributed by atoms with Crippen molar-refractivity contribution in [3.8, 4) is 5.75 Å². The number of hydrogen-bond donors (Lipinski definition) is 4. The highest BCUT2D eigenvalue weighted by atomic mass is 16.5. The van der Waals surface area contributed by atoms with Crippen LogP contribution in [0.3, 0.4) is 0 Å². The zero-order valence-corrected chi connectivity index (χ0v) is 17.5. The van der Waals surface area contributed by atoms with Crippen molar-refractivity contribution in [3.05, 3.63) is 65.7 Å². The first-order chi connectivity index (χ1) is 14.9. The van der Waals surface area contributed by atoms with Gasteiger partial charge >= 0.3 is 6.09 Å². The van der Waals surface area contributed by atoms with Gasteiger partial charge in [0.25, 0.3) is 0 Å². The molecule has 3 amide bonds. The van der Waals surface area contributed by atoms with E-state index in [0.717, 1.165) is 18.4 Å². The van der Waals surface area contributed by atoms with Crippen molar-refractivity contribution in [2.75, 3.05) is 0 Å². The molecule has 8 nitrogen and oxygen atoms in total. The highest BCUT2D eigenvalue weighted by molar-refractivity contribution is 5.90. The van der Waals surface area contributed by atoms with Gasteiger partial charge in [0.1, 0.15) is 24.4 Å². The van der Waals surface area contributed by atoms with E-state index in [1.165, 1.54) is 12.1 Å². The molecule has 0 aromatic heterocycles. The van der Waals surface area contributed by atoms with E-state index in [0.29, 0.717) is 12.0 Å². The van der Waals surface area contributed by atoms with Gasteiger partial charge in [-0.2, -0.15) is 0 Å². The SMILES string of the molecule is CCCCC(NC(=O)C(Cc1ccc(O)cc1)NC(=O)OCc1ccccc1)C(N)=O. The maximum absolute atomic E-state index is 12.9. The molecule has 0 fully saturated rings. The molecule has 2 unspecified atom stereocenters. The minimum absolute atomic E-state index is 0.0562. The molecule has 0 aliphatic rings. The van der Waals surface area contributed by atoms with Crippen molar-refractivity contribution in [3.63, 3.8) is 0 Å². The lowest BCUT2D eigenvalue weighted by Gasteiger charge is -2.22. The van der Waals surface area contributed by atoms with Crippen molar-refractivity contribution in [1.29, 1.82) is 0 Å². The molecule has 2 aromatic rings. The van der Waals surface area contributed by atoms with Gasteiger partial charge in [-0.15, -0.1) is 0 Å². The highest BCUT2D eigenvalue weighted by Gasteiger charge is 2.26. The maximum Gasteiger partial charge on any atom is 0.408 e. The van der Waals surface area contributed by atoms with Gasteiger partial charge in [-0.25, -0.2) is 4.79 Å². The number of benzene rings is 2. The summed E-state index contributed by atoms with van der Waals surface area (Å²) < 4.78 is 5.22. The Labute approximate surface area is 181 Å². The Morgan fingerprint density at radius 1 is 0.968 bits per heavy atom. The summed E-state index contributed by atoms with van der Waals surface area (Å²) in [5.74, 6) is -1.07. The number of amides is 3. The minimum atomic E-state index is -0.990. The van der Waals surface area contributed by atoms with Crippen LogP contribution in [-0.2, 0) is 27.4 Å². The average molecular weight is 428 g/mol. The number of phenols is 1. The summed E-state index contributed by atoms with van der Waals surface area (Å²) in [6.45, 7) is 2.03. The third kappa shape index (κ3) is 8.38. The summed E-state index contributed by atoms with van der Waals surface area (Å²) in [6.07, 6.45) is 1.38. The molecule has 31 heavy (non-hydrogen) atoms. The van der Waals surface area contributed by atoms with Crippen LogP contribution in [0.25, 0.3) is 0 Å². The number of phenolic OH excluding ortho intramolecular Hbond substituents is 1. The molecule has 5 N–H and O–H groups in total. The van der Waals surface area contributed by atoms with Crippen molar-refractivity contribution < 1.29 is 24.2 Å². The Bertz CT molecular complexity index is 855. The topological polar surface area (TPSA) is 131 Å². The zero-order valence-electron chi connectivity index (χ0n) is 17.5. The largest absolute Gasteiger partial charge is 0.508 e. The zero-order chi connectivity index (χ0) is 22.6. The first-order valence-corrected chi connectivity index (χ1v) is 10.2. The first-order valence-electron chi connectivity index (χ1n) is 10.2. The van der Waals surface area contributed by atoms with Gasteiger partial charge in [0, 0.05) is 6.42 Å². The van der Waals surface area contributed by atoms with E-state index < -0.39 is 30.0 Å². The number of unbranched alkanes of at least 4 members (excludes halogenated alkanes) is 1. The van der Waals surface area contributed by atoms with Crippen molar-refractivity contribution in [1.82, 2.24) is 10.6 Å². The fourth-order valence-corrected chi connectivity index (χ4v) is 2.95. The molecule has 0 aliphatic carbocycles. The minimum Gasteiger partial charge on any atom is -0.508 e. The molecule has 2 atom stereocenters. The summed E-state index contributed by atoms with van der Waals surface area (Å²) in [4.78, 5) is 36.9. The van der Waals surface area contributed by atoms with Crippen LogP contribution in [0.15, 0.2) is 54.6 Å². The molecule has 0 bridgehead atoms. The van der Waals surface area contributed by atoms with E-state index in [1.807, 2.05) is 37.3 Å². The van der Waals surface area contributed by atoms with Gasteiger partial charge in [-0.1, -0.05) is 62.2 Å². The lowest BCUT2D eigenvalue weighted by molar-refractivity contribution is -0.128. The van der Waals surface area contributed by atoms with Crippen molar-refractivity contribution in [2.24, 2.45) is 5.73 Å². The number of ether oxygens (including phenoxy) is 1. The lowest BCUT2D eigenvalue weighted by atomic mass is 10.0. The molecule has 166 valence electrons. The fraction of sp³-hybridized carbons (Fsp3) is 0.348. The predicted molar refractivity (Wildman–Crippen MR) is 116 cm³/mol. The third-order valence-corrected chi connectivity index (χ3v) is 4.70. The van der Waals surface area contributed by atoms with E-state index in [1.54, 1.807) is 12.1 Å². The first kappa shape index (κ1) is 23.7. The number of nitrogens with one attached hydrogen (secondary N) is 2. The van der Waals surface area contributed by atoms with Gasteiger partial charge < -0.3 is 26.2 Å². The molecule has 0 aliphatic heterocycles. The standard InChI is InChI=1S/C23H29N3O5/c1-2-3-9-19(21(24)28)25-22(29)20(14-16-10-12-18(27)13-11-16)26-23(30)31-15-17-7-5-4-6-8-17/h4-8,10-13,19-20,27H,2-3,9,14-15H2,1H3,(H2,24,28)(H,25,29)(H,26,30). The average Bonchev–Trinajstić information content (AvgIpc) is 2.76. The van der Waals surface area contributed by atoms with Gasteiger partial charge in [0.05, 0.1) is 0 Å². The van der Waals surface area contributed by atoms with Crippen LogP contribution >= 0.6 is 0 Å². The summed E-state index contributed by atoms with van der Waals surface area (Å²) in [6, 6.07) is 13.6. The van der Waals surface area contributed by atoms with Crippen LogP contribution in [0.2, 0.25) is 0 Å². The third-order valence-electron chi connectivity index (χ3n) is 4.70. The molecule has 0 saturated carbocycles. The van der Waals surface area contributed by atoms with Gasteiger partial charge in [0.2, 0.25) is 11.8 Å². The normalized spacial score (nSPS) is 12.4. The number of rotatable bonds is 11. The number of carbonyl (C=O) groups is 3. The molecule has 0 saturated heterocycles. The van der Waals surface area contributed by atoms with Gasteiger partial charge in [-0.3, -0.25) is 9.59 Å². The van der Waals surface area contributed by atoms with Crippen LogP contribution in [0, 0.1) is 0 Å². The molecular formula is C23H29N3O5. The molecule has 8 heteroatoms. The van der Waals surface area contributed by atoms with Gasteiger partial charge in [-0.05, 0) is 29.7 Å². The Hall–Kier alpha value is -3.55. The molecule has 2 aromatic carbocycles. The second-order valence-electron chi connectivity index (χ2n) is 7.23. The highest BCUT2D eigenvalue weighted by Crippen LogP contribution is 2.12. The second kappa shape index (κ2) is 12.2. The van der Waals surface area contributed by atoms with Crippen LogP contribution < -0.4 is 16.4 Å². The lowest BCUT2D eigenvalue weighted by Crippen LogP contribution is -2.53. The molecule has 0 spiro atoms. The molecule has 0 heterocycles. The Morgan fingerprint density at radius 3 is 2.26 bits per heavy atom. The molecule has 0 radical (unpaired) electrons. The second-order valence-corrected chi connectivity index (χ2v) is 7.23. The quantitative estimate of drug-likeness (QED) is 0.437. The van der Waals surface area contributed by atoms with Crippen molar-refractivity contribution >= 4 is 17.9 Å². The summed E-state index contributed by atoms with van der Waals surface area (Å²) >= 11 is 0. The van der Waals surface area contributed by atoms with Gasteiger partial charge in [0.15, 0.2) is 0 Å². The van der Waals surface area contributed by atoms with Crippen LogP contribution in [0.4, 0.5) is 4.79 Å². The van der Waals surface area contributed by atoms with Crippen LogP contribution in [-0.4, -0.2) is 35.1 Å². The Kier molecular flexibility index (Phi) is 9.35. The number of carbonyl (C=O) groups excluding carboxylic acids is 3. The Morgan fingerprint density at radius 2 is 1.65 bits per heavy atom. The van der Waals surface area contributed by atoms with E-state index in [9.17, 15) is 19.5 Å². The smallest absolute Gasteiger partial charge is 0.408 e. The summed E-state index contributed by atoms with van der Waals surface area (Å²) in [7, 11) is 0. The number of hydrogen-bond acceptors (Lipinski definition) is 5. The van der Waals surface area contributed by atoms with E-state index in [4.69, 9.17) is 10.5 Å².